The van der Waals surface area contributed by atoms with Crippen molar-refractivity contribution >= 4 is 23.5 Å². The van der Waals surface area contributed by atoms with E-state index in [0.29, 0.717) is 38.1 Å². The molecule has 0 fully saturated rings. The van der Waals surface area contributed by atoms with Gasteiger partial charge < -0.3 is 14.4 Å². The molecule has 0 amide bonds. The third kappa shape index (κ3) is 4.60. The highest BCUT2D eigenvalue weighted by molar-refractivity contribution is 6.16. The number of rotatable bonds is 7. The number of ether oxygens (including phenoxy) is 2. The van der Waals surface area contributed by atoms with Crippen LogP contribution in [0.3, 0.4) is 0 Å². The van der Waals surface area contributed by atoms with Crippen LogP contribution in [0.4, 0.5) is 5.69 Å². The minimum absolute atomic E-state index is 0.0491. The standard InChI is InChI=1S/C23H25NO4/c1-3-28-22(25)9-6-14-24-16-18(15-17-10-12-19(27-2)13-11-17)23(26)20-7-4-5-8-21(20)24/h4-5,7-8,10-13,15H,3,6,9,14,16H2,1-2H3/b18-15+. The first-order chi connectivity index (χ1) is 13.6. The van der Waals surface area contributed by atoms with E-state index in [1.54, 1.807) is 14.0 Å². The summed E-state index contributed by atoms with van der Waals surface area (Å²) in [6, 6.07) is 15.3. The highest BCUT2D eigenvalue weighted by atomic mass is 16.5. The van der Waals surface area contributed by atoms with Gasteiger partial charge in [-0.05, 0) is 49.2 Å². The Kier molecular flexibility index (Phi) is 6.48. The summed E-state index contributed by atoms with van der Waals surface area (Å²) in [4.78, 5) is 26.7. The molecule has 0 unspecified atom stereocenters. The van der Waals surface area contributed by atoms with Crippen LogP contribution in [-0.2, 0) is 9.53 Å². The van der Waals surface area contributed by atoms with Crippen LogP contribution in [0.5, 0.6) is 5.75 Å². The third-order valence-corrected chi connectivity index (χ3v) is 4.71. The van der Waals surface area contributed by atoms with Crippen molar-refractivity contribution in [3.05, 3.63) is 65.2 Å². The van der Waals surface area contributed by atoms with Crippen molar-refractivity contribution in [2.75, 3.05) is 31.7 Å². The van der Waals surface area contributed by atoms with E-state index in [0.717, 1.165) is 22.6 Å². The quantitative estimate of drug-likeness (QED) is 0.535. The first-order valence-corrected chi connectivity index (χ1v) is 9.51. The van der Waals surface area contributed by atoms with E-state index in [2.05, 4.69) is 4.90 Å². The molecule has 2 aromatic carbocycles. The molecule has 0 aliphatic carbocycles. The molecule has 146 valence electrons. The number of para-hydroxylation sites is 1. The zero-order valence-corrected chi connectivity index (χ0v) is 16.3. The number of fused-ring (bicyclic) bond motifs is 1. The Morgan fingerprint density at radius 1 is 1.14 bits per heavy atom. The molecule has 0 bridgehead atoms. The molecule has 2 aromatic rings. The van der Waals surface area contributed by atoms with Gasteiger partial charge in [0.25, 0.3) is 0 Å². The SMILES string of the molecule is CCOC(=O)CCCN1C/C(=C\c2ccc(OC)cc2)C(=O)c2ccccc21. The van der Waals surface area contributed by atoms with Gasteiger partial charge in [0, 0.05) is 36.3 Å². The number of hydrogen-bond acceptors (Lipinski definition) is 5. The number of anilines is 1. The van der Waals surface area contributed by atoms with Gasteiger partial charge >= 0.3 is 5.97 Å². The number of carbonyl (C=O) groups excluding carboxylic acids is 2. The molecule has 0 spiro atoms. The van der Waals surface area contributed by atoms with Crippen LogP contribution >= 0.6 is 0 Å². The highest BCUT2D eigenvalue weighted by Crippen LogP contribution is 2.30. The topological polar surface area (TPSA) is 55.8 Å². The molecule has 3 rings (SSSR count). The highest BCUT2D eigenvalue weighted by Gasteiger charge is 2.26. The van der Waals surface area contributed by atoms with Crippen molar-refractivity contribution in [3.63, 3.8) is 0 Å². The number of ketones is 1. The fourth-order valence-electron chi connectivity index (χ4n) is 3.34. The Bertz CT molecular complexity index is 870. The maximum Gasteiger partial charge on any atom is 0.305 e. The Balaban J connectivity index is 1.80. The van der Waals surface area contributed by atoms with E-state index in [1.807, 2.05) is 54.6 Å². The van der Waals surface area contributed by atoms with Crippen LogP contribution in [0.25, 0.3) is 6.08 Å². The fourth-order valence-corrected chi connectivity index (χ4v) is 3.34. The molecule has 5 nitrogen and oxygen atoms in total. The number of esters is 1. The number of hydrogen-bond donors (Lipinski definition) is 0. The molecule has 0 saturated heterocycles. The number of Topliss-reactive ketones (excluding diaryl/α,β-unsaturated/α-hetero) is 1. The predicted octanol–water partition coefficient (Wildman–Crippen LogP) is 4.12. The molecule has 0 atom stereocenters. The van der Waals surface area contributed by atoms with Crippen molar-refractivity contribution in [3.8, 4) is 5.75 Å². The number of carbonyl (C=O) groups is 2. The lowest BCUT2D eigenvalue weighted by atomic mass is 9.94. The van der Waals surface area contributed by atoms with Gasteiger partial charge in [-0.1, -0.05) is 24.3 Å². The van der Waals surface area contributed by atoms with Crippen LogP contribution in [0.1, 0.15) is 35.7 Å². The fraction of sp³-hybridized carbons (Fsp3) is 0.304. The molecule has 0 radical (unpaired) electrons. The van der Waals surface area contributed by atoms with Gasteiger partial charge in [-0.15, -0.1) is 0 Å². The van der Waals surface area contributed by atoms with Gasteiger partial charge in [0.2, 0.25) is 0 Å². The summed E-state index contributed by atoms with van der Waals surface area (Å²) in [5.74, 6) is 0.647. The molecule has 1 heterocycles. The van der Waals surface area contributed by atoms with Gasteiger partial charge in [0.15, 0.2) is 5.78 Å². The first kappa shape index (κ1) is 19.7. The number of methoxy groups -OCH3 is 1. The van der Waals surface area contributed by atoms with E-state index in [-0.39, 0.29) is 11.8 Å². The summed E-state index contributed by atoms with van der Waals surface area (Å²) in [5.41, 5.74) is 3.31. The second kappa shape index (κ2) is 9.22. The Hall–Kier alpha value is -3.08. The predicted molar refractivity (Wildman–Crippen MR) is 110 cm³/mol. The number of benzene rings is 2. The van der Waals surface area contributed by atoms with Crippen LogP contribution < -0.4 is 9.64 Å². The summed E-state index contributed by atoms with van der Waals surface area (Å²) >= 11 is 0. The lowest BCUT2D eigenvalue weighted by Crippen LogP contribution is -2.35. The van der Waals surface area contributed by atoms with Crippen LogP contribution in [0, 0.1) is 0 Å². The van der Waals surface area contributed by atoms with Gasteiger partial charge in [-0.3, -0.25) is 9.59 Å². The van der Waals surface area contributed by atoms with Crippen molar-refractivity contribution in [1.29, 1.82) is 0 Å². The molecular weight excluding hydrogens is 354 g/mol. The molecular formula is C23H25NO4. The van der Waals surface area contributed by atoms with Gasteiger partial charge in [0.05, 0.1) is 13.7 Å². The summed E-state index contributed by atoms with van der Waals surface area (Å²) in [6.07, 6.45) is 2.98. The molecule has 0 saturated carbocycles. The Morgan fingerprint density at radius 2 is 1.89 bits per heavy atom. The van der Waals surface area contributed by atoms with Crippen LogP contribution in [0.2, 0.25) is 0 Å². The maximum atomic E-state index is 13.0. The van der Waals surface area contributed by atoms with E-state index in [9.17, 15) is 9.59 Å². The summed E-state index contributed by atoms with van der Waals surface area (Å²) < 4.78 is 10.2. The van der Waals surface area contributed by atoms with Crippen LogP contribution in [-0.4, -0.2) is 38.6 Å². The maximum absolute atomic E-state index is 13.0. The smallest absolute Gasteiger partial charge is 0.305 e. The van der Waals surface area contributed by atoms with Gasteiger partial charge in [-0.25, -0.2) is 0 Å². The van der Waals surface area contributed by atoms with Crippen molar-refractivity contribution in [1.82, 2.24) is 0 Å². The zero-order valence-electron chi connectivity index (χ0n) is 16.3. The summed E-state index contributed by atoms with van der Waals surface area (Å²) in [7, 11) is 1.63. The zero-order chi connectivity index (χ0) is 19.9. The largest absolute Gasteiger partial charge is 0.497 e. The molecule has 0 N–H and O–H groups in total. The minimum atomic E-state index is -0.183. The lowest BCUT2D eigenvalue weighted by molar-refractivity contribution is -0.143. The first-order valence-electron chi connectivity index (χ1n) is 9.51. The molecule has 1 aliphatic heterocycles. The molecule has 5 heteroatoms. The average Bonchev–Trinajstić information content (AvgIpc) is 2.72. The Morgan fingerprint density at radius 3 is 2.61 bits per heavy atom. The average molecular weight is 379 g/mol. The van der Waals surface area contributed by atoms with Crippen molar-refractivity contribution < 1.29 is 19.1 Å². The van der Waals surface area contributed by atoms with E-state index in [4.69, 9.17) is 9.47 Å². The van der Waals surface area contributed by atoms with E-state index < -0.39 is 0 Å². The third-order valence-electron chi connectivity index (χ3n) is 4.71. The molecule has 1 aliphatic rings. The van der Waals surface area contributed by atoms with E-state index in [1.165, 1.54) is 0 Å². The Labute approximate surface area is 165 Å². The van der Waals surface area contributed by atoms with Gasteiger partial charge in [0.1, 0.15) is 5.75 Å². The second-order valence-corrected chi connectivity index (χ2v) is 6.62. The van der Waals surface area contributed by atoms with Gasteiger partial charge in [-0.2, -0.15) is 0 Å². The second-order valence-electron chi connectivity index (χ2n) is 6.62. The number of nitrogens with zero attached hydrogens (tertiary/aromatic N) is 1. The molecule has 28 heavy (non-hydrogen) atoms. The van der Waals surface area contributed by atoms with E-state index >= 15 is 0 Å². The summed E-state index contributed by atoms with van der Waals surface area (Å²) in [6.45, 7) is 3.41. The molecule has 0 aromatic heterocycles. The van der Waals surface area contributed by atoms with Crippen LogP contribution in [0.15, 0.2) is 54.1 Å². The van der Waals surface area contributed by atoms with Crippen molar-refractivity contribution in [2.45, 2.75) is 19.8 Å². The monoisotopic (exact) mass is 379 g/mol. The minimum Gasteiger partial charge on any atom is -0.497 e. The lowest BCUT2D eigenvalue weighted by Gasteiger charge is -2.32. The van der Waals surface area contributed by atoms with Crippen molar-refractivity contribution in [2.24, 2.45) is 0 Å². The normalized spacial score (nSPS) is 14.7. The summed E-state index contributed by atoms with van der Waals surface area (Å²) in [5, 5.41) is 0.